The van der Waals surface area contributed by atoms with Crippen LogP contribution in [0, 0.1) is 0 Å². The fraction of sp³-hybridized carbons (Fsp3) is 0.238. The van der Waals surface area contributed by atoms with E-state index in [1.54, 1.807) is 11.8 Å². The molecule has 0 unspecified atom stereocenters. The second kappa shape index (κ2) is 7.38. The van der Waals surface area contributed by atoms with Crippen LogP contribution in [0.2, 0.25) is 0 Å². The van der Waals surface area contributed by atoms with Crippen molar-refractivity contribution < 1.29 is 4.79 Å². The summed E-state index contributed by atoms with van der Waals surface area (Å²) < 4.78 is 2.23. The lowest BCUT2D eigenvalue weighted by Gasteiger charge is -2.11. The number of hydrogen-bond donors (Lipinski definition) is 1. The van der Waals surface area contributed by atoms with Crippen molar-refractivity contribution in [3.05, 3.63) is 66.1 Å². The highest BCUT2D eigenvalue weighted by atomic mass is 32.2. The Morgan fingerprint density at radius 3 is 2.69 bits per heavy atom. The minimum atomic E-state index is -0.103. The van der Waals surface area contributed by atoms with Gasteiger partial charge in [0.05, 0.1) is 11.4 Å². The molecule has 1 N–H and O–H groups in total. The number of thioether (sulfide) groups is 1. The molecule has 4 nitrogen and oxygen atoms in total. The summed E-state index contributed by atoms with van der Waals surface area (Å²) in [6.45, 7) is 1.03. The van der Waals surface area contributed by atoms with Crippen LogP contribution in [0.4, 0.5) is 5.69 Å². The number of para-hydroxylation sites is 1. The van der Waals surface area contributed by atoms with Crippen molar-refractivity contribution in [3.8, 4) is 11.3 Å². The SMILES string of the molecule is CSc1ccc(C(=O)Nc2ccccc2-c2cn3c(n2)CCCC3)cc1. The molecule has 4 rings (SSSR count). The average Bonchev–Trinajstić information content (AvgIpc) is 3.12. The van der Waals surface area contributed by atoms with Crippen molar-refractivity contribution in [2.45, 2.75) is 30.7 Å². The third-order valence-corrected chi connectivity index (χ3v) is 5.46. The summed E-state index contributed by atoms with van der Waals surface area (Å²) in [4.78, 5) is 18.6. The predicted octanol–water partition coefficient (Wildman–Crippen LogP) is 4.86. The second-order valence-corrected chi connectivity index (χ2v) is 7.30. The molecule has 0 aliphatic carbocycles. The number of amides is 1. The molecule has 0 fully saturated rings. The van der Waals surface area contributed by atoms with Crippen molar-refractivity contribution in [2.24, 2.45) is 0 Å². The number of carbonyl (C=O) groups excluding carboxylic acids is 1. The van der Waals surface area contributed by atoms with Crippen LogP contribution in [-0.2, 0) is 13.0 Å². The topological polar surface area (TPSA) is 46.9 Å². The van der Waals surface area contributed by atoms with E-state index < -0.39 is 0 Å². The van der Waals surface area contributed by atoms with E-state index >= 15 is 0 Å². The zero-order chi connectivity index (χ0) is 17.9. The van der Waals surface area contributed by atoms with Crippen molar-refractivity contribution in [1.82, 2.24) is 9.55 Å². The van der Waals surface area contributed by atoms with E-state index in [1.807, 2.05) is 54.8 Å². The number of fused-ring (bicyclic) bond motifs is 1. The monoisotopic (exact) mass is 363 g/mol. The van der Waals surface area contributed by atoms with Crippen molar-refractivity contribution >= 4 is 23.4 Å². The number of benzene rings is 2. The van der Waals surface area contributed by atoms with Crippen molar-refractivity contribution in [1.29, 1.82) is 0 Å². The van der Waals surface area contributed by atoms with Crippen molar-refractivity contribution in [3.63, 3.8) is 0 Å². The molecule has 26 heavy (non-hydrogen) atoms. The first kappa shape index (κ1) is 16.9. The smallest absolute Gasteiger partial charge is 0.255 e. The number of imidazole rings is 1. The summed E-state index contributed by atoms with van der Waals surface area (Å²) in [5.74, 6) is 1.04. The molecular weight excluding hydrogens is 342 g/mol. The number of hydrogen-bond acceptors (Lipinski definition) is 3. The number of carbonyl (C=O) groups is 1. The fourth-order valence-electron chi connectivity index (χ4n) is 3.29. The summed E-state index contributed by atoms with van der Waals surface area (Å²) in [6.07, 6.45) is 7.55. The normalized spacial score (nSPS) is 13.3. The van der Waals surface area contributed by atoms with E-state index in [9.17, 15) is 4.79 Å². The average molecular weight is 363 g/mol. The quantitative estimate of drug-likeness (QED) is 0.673. The minimum Gasteiger partial charge on any atom is -0.334 e. The molecule has 3 aromatic rings. The van der Waals surface area contributed by atoms with Gasteiger partial charge in [0.15, 0.2) is 0 Å². The Morgan fingerprint density at radius 2 is 1.92 bits per heavy atom. The van der Waals surface area contributed by atoms with Gasteiger partial charge in [-0.25, -0.2) is 4.98 Å². The molecule has 0 radical (unpaired) electrons. The van der Waals surface area contributed by atoms with Gasteiger partial charge in [0.25, 0.3) is 5.91 Å². The molecule has 0 saturated carbocycles. The highest BCUT2D eigenvalue weighted by Gasteiger charge is 2.16. The maximum Gasteiger partial charge on any atom is 0.255 e. The third-order valence-electron chi connectivity index (χ3n) is 4.71. The summed E-state index contributed by atoms with van der Waals surface area (Å²) in [5.41, 5.74) is 3.34. The number of aryl methyl sites for hydroxylation is 2. The maximum absolute atomic E-state index is 12.6. The van der Waals surface area contributed by atoms with E-state index in [1.165, 1.54) is 12.8 Å². The summed E-state index contributed by atoms with van der Waals surface area (Å²) in [5, 5.41) is 3.05. The Hall–Kier alpha value is -2.53. The lowest BCUT2D eigenvalue weighted by atomic mass is 10.1. The van der Waals surface area contributed by atoms with Gasteiger partial charge >= 0.3 is 0 Å². The molecule has 2 heterocycles. The molecule has 1 aliphatic rings. The van der Waals surface area contributed by atoms with Crippen LogP contribution in [0.5, 0.6) is 0 Å². The van der Waals surface area contributed by atoms with Crippen LogP contribution >= 0.6 is 11.8 Å². The van der Waals surface area contributed by atoms with Crippen molar-refractivity contribution in [2.75, 3.05) is 11.6 Å². The van der Waals surface area contributed by atoms with Crippen LogP contribution in [0.3, 0.4) is 0 Å². The number of nitrogens with zero attached hydrogens (tertiary/aromatic N) is 2. The van der Waals surface area contributed by atoms with Gasteiger partial charge in [-0.2, -0.15) is 0 Å². The van der Waals surface area contributed by atoms with Gasteiger partial charge in [0.1, 0.15) is 5.82 Å². The molecule has 0 bridgehead atoms. The number of anilines is 1. The Morgan fingerprint density at radius 1 is 1.12 bits per heavy atom. The van der Waals surface area contributed by atoms with E-state index in [4.69, 9.17) is 4.98 Å². The van der Waals surface area contributed by atoms with E-state index in [2.05, 4.69) is 16.1 Å². The van der Waals surface area contributed by atoms with Crippen LogP contribution in [0.1, 0.15) is 29.0 Å². The molecule has 1 amide bonds. The Bertz CT molecular complexity index is 907. The van der Waals surface area contributed by atoms with Crippen LogP contribution in [0.15, 0.2) is 59.6 Å². The summed E-state index contributed by atoms with van der Waals surface area (Å²) in [7, 11) is 0. The number of aromatic nitrogens is 2. The van der Waals surface area contributed by atoms with Crippen LogP contribution in [-0.4, -0.2) is 21.7 Å². The lowest BCUT2D eigenvalue weighted by molar-refractivity contribution is 0.102. The zero-order valence-electron chi connectivity index (χ0n) is 14.7. The Labute approximate surface area is 157 Å². The van der Waals surface area contributed by atoms with E-state index in [0.29, 0.717) is 5.56 Å². The molecule has 0 atom stereocenters. The van der Waals surface area contributed by atoms with Gasteiger partial charge in [-0.15, -0.1) is 11.8 Å². The molecule has 0 saturated heterocycles. The van der Waals surface area contributed by atoms with Gasteiger partial charge in [0.2, 0.25) is 0 Å². The highest BCUT2D eigenvalue weighted by molar-refractivity contribution is 7.98. The van der Waals surface area contributed by atoms with Gasteiger partial charge < -0.3 is 9.88 Å². The first-order chi connectivity index (χ1) is 12.7. The summed E-state index contributed by atoms with van der Waals surface area (Å²) >= 11 is 1.66. The highest BCUT2D eigenvalue weighted by Crippen LogP contribution is 2.29. The third kappa shape index (κ3) is 3.40. The largest absolute Gasteiger partial charge is 0.334 e. The molecule has 0 spiro atoms. The Kier molecular flexibility index (Phi) is 4.80. The van der Waals surface area contributed by atoms with Gasteiger partial charge in [-0.05, 0) is 49.4 Å². The molecular formula is C21H21N3OS. The standard InChI is InChI=1S/C21H21N3OS/c1-26-16-11-9-15(10-12-16)21(25)23-18-7-3-2-6-17(18)19-14-24-13-5-4-8-20(24)22-19/h2-3,6-7,9-12,14H,4-5,8,13H2,1H3,(H,23,25). The first-order valence-electron chi connectivity index (χ1n) is 8.85. The number of nitrogens with one attached hydrogen (secondary N) is 1. The predicted molar refractivity (Wildman–Crippen MR) is 107 cm³/mol. The lowest BCUT2D eigenvalue weighted by Crippen LogP contribution is -2.12. The molecule has 2 aromatic carbocycles. The molecule has 132 valence electrons. The minimum absolute atomic E-state index is 0.103. The van der Waals surface area contributed by atoms with E-state index in [0.717, 1.165) is 40.6 Å². The number of rotatable bonds is 4. The van der Waals surface area contributed by atoms with Crippen LogP contribution in [0.25, 0.3) is 11.3 Å². The van der Waals surface area contributed by atoms with Gasteiger partial charge in [-0.1, -0.05) is 18.2 Å². The maximum atomic E-state index is 12.6. The molecule has 1 aromatic heterocycles. The Balaban J connectivity index is 1.61. The van der Waals surface area contributed by atoms with Crippen LogP contribution < -0.4 is 5.32 Å². The molecule has 5 heteroatoms. The molecule has 1 aliphatic heterocycles. The van der Waals surface area contributed by atoms with Gasteiger partial charge in [0, 0.05) is 35.2 Å². The second-order valence-electron chi connectivity index (χ2n) is 6.42. The fourth-order valence-corrected chi connectivity index (χ4v) is 3.70. The zero-order valence-corrected chi connectivity index (χ0v) is 15.6. The van der Waals surface area contributed by atoms with E-state index in [-0.39, 0.29) is 5.91 Å². The van der Waals surface area contributed by atoms with Gasteiger partial charge in [-0.3, -0.25) is 4.79 Å². The summed E-state index contributed by atoms with van der Waals surface area (Å²) in [6, 6.07) is 15.5. The first-order valence-corrected chi connectivity index (χ1v) is 10.1.